The summed E-state index contributed by atoms with van der Waals surface area (Å²) in [6.45, 7) is 2.04. The van der Waals surface area contributed by atoms with Crippen LogP contribution in [-0.4, -0.2) is 35.0 Å². The second-order valence-electron chi connectivity index (χ2n) is 5.26. The van der Waals surface area contributed by atoms with Crippen LogP contribution in [0.1, 0.15) is 12.0 Å². The summed E-state index contributed by atoms with van der Waals surface area (Å²) in [6, 6.07) is 20.3. The van der Waals surface area contributed by atoms with Gasteiger partial charge < -0.3 is 4.90 Å². The molecular formula is C18H23NOS. The molecule has 3 heteroatoms. The molecule has 0 aliphatic carbocycles. The molecule has 0 saturated carbocycles. The molecule has 1 atom stereocenters. The van der Waals surface area contributed by atoms with Gasteiger partial charge in [-0.05, 0) is 44.1 Å². The Hall–Kier alpha value is -1.45. The molecule has 2 rings (SSSR count). The second-order valence-corrected chi connectivity index (χ2v) is 6.83. The standard InChI is InChI=1S/C18H23NOS/c1-19(15-13-17-9-4-2-5-10-17)14-8-16-21(20)18-11-6-3-7-12-18/h2-7,9-12H,8,13-16H2,1H3. The van der Waals surface area contributed by atoms with Crippen molar-refractivity contribution in [1.29, 1.82) is 0 Å². The lowest BCUT2D eigenvalue weighted by Gasteiger charge is -2.16. The summed E-state index contributed by atoms with van der Waals surface area (Å²) in [5.74, 6) is 0.736. The molecule has 2 aromatic carbocycles. The molecule has 2 aromatic rings. The van der Waals surface area contributed by atoms with Crippen molar-refractivity contribution in [2.45, 2.75) is 17.7 Å². The van der Waals surface area contributed by atoms with Crippen LogP contribution in [0.5, 0.6) is 0 Å². The Bertz CT molecular complexity index is 542. The Balaban J connectivity index is 1.65. The average Bonchev–Trinajstić information content (AvgIpc) is 2.54. The highest BCUT2D eigenvalue weighted by atomic mass is 32.2. The summed E-state index contributed by atoms with van der Waals surface area (Å²) in [5, 5.41) is 0. The highest BCUT2D eigenvalue weighted by molar-refractivity contribution is 7.85. The van der Waals surface area contributed by atoms with E-state index in [9.17, 15) is 4.21 Å². The third-order valence-corrected chi connectivity index (χ3v) is 4.96. The van der Waals surface area contributed by atoms with E-state index in [2.05, 4.69) is 36.2 Å². The van der Waals surface area contributed by atoms with Gasteiger partial charge in [-0.2, -0.15) is 0 Å². The van der Waals surface area contributed by atoms with E-state index in [0.717, 1.165) is 36.6 Å². The van der Waals surface area contributed by atoms with Crippen molar-refractivity contribution in [3.05, 3.63) is 66.2 Å². The minimum absolute atomic E-state index is 0.736. The first-order chi connectivity index (χ1) is 10.3. The van der Waals surface area contributed by atoms with Gasteiger partial charge in [-0.1, -0.05) is 48.5 Å². The fourth-order valence-electron chi connectivity index (χ4n) is 2.23. The van der Waals surface area contributed by atoms with Gasteiger partial charge in [0.05, 0.1) is 10.8 Å². The summed E-state index contributed by atoms with van der Waals surface area (Å²) in [6.07, 6.45) is 2.03. The number of likely N-dealkylation sites (N-methyl/N-ethyl adjacent to an activating group) is 1. The maximum Gasteiger partial charge on any atom is 0.0529 e. The summed E-state index contributed by atoms with van der Waals surface area (Å²) in [4.78, 5) is 3.25. The molecule has 0 aliphatic heterocycles. The number of hydrogen-bond donors (Lipinski definition) is 0. The summed E-state index contributed by atoms with van der Waals surface area (Å²) >= 11 is 0. The predicted molar refractivity (Wildman–Crippen MR) is 90.0 cm³/mol. The van der Waals surface area contributed by atoms with Crippen LogP contribution in [0.4, 0.5) is 0 Å². The molecule has 112 valence electrons. The van der Waals surface area contributed by atoms with Crippen molar-refractivity contribution < 1.29 is 4.21 Å². The first kappa shape index (κ1) is 15.9. The third-order valence-electron chi connectivity index (χ3n) is 3.50. The molecule has 0 aromatic heterocycles. The van der Waals surface area contributed by atoms with E-state index in [4.69, 9.17) is 0 Å². The van der Waals surface area contributed by atoms with Crippen molar-refractivity contribution in [1.82, 2.24) is 4.90 Å². The SMILES string of the molecule is CN(CCCS(=O)c1ccccc1)CCc1ccccc1. The second kappa shape index (κ2) is 8.75. The molecule has 21 heavy (non-hydrogen) atoms. The highest BCUT2D eigenvalue weighted by Gasteiger charge is 2.04. The van der Waals surface area contributed by atoms with Crippen molar-refractivity contribution in [3.8, 4) is 0 Å². The van der Waals surface area contributed by atoms with Crippen LogP contribution in [0.25, 0.3) is 0 Å². The molecule has 0 N–H and O–H groups in total. The van der Waals surface area contributed by atoms with Crippen LogP contribution in [0.3, 0.4) is 0 Å². The molecule has 0 bridgehead atoms. The first-order valence-electron chi connectivity index (χ1n) is 7.41. The molecule has 2 nitrogen and oxygen atoms in total. The Morgan fingerprint density at radius 2 is 1.52 bits per heavy atom. The molecule has 1 unspecified atom stereocenters. The first-order valence-corrected chi connectivity index (χ1v) is 8.73. The Morgan fingerprint density at radius 1 is 0.905 bits per heavy atom. The van der Waals surface area contributed by atoms with Crippen LogP contribution in [0.15, 0.2) is 65.6 Å². The van der Waals surface area contributed by atoms with Crippen LogP contribution < -0.4 is 0 Å². The number of benzene rings is 2. The average molecular weight is 301 g/mol. The maximum absolute atomic E-state index is 12.1. The van der Waals surface area contributed by atoms with Gasteiger partial charge >= 0.3 is 0 Å². The maximum atomic E-state index is 12.1. The molecule has 0 heterocycles. The van der Waals surface area contributed by atoms with E-state index in [0.29, 0.717) is 0 Å². The van der Waals surface area contributed by atoms with Crippen molar-refractivity contribution in [2.75, 3.05) is 25.9 Å². The molecule has 0 radical (unpaired) electrons. The highest BCUT2D eigenvalue weighted by Crippen LogP contribution is 2.07. The smallest absolute Gasteiger partial charge is 0.0529 e. The molecule has 0 aliphatic rings. The zero-order chi connectivity index (χ0) is 14.9. The van der Waals surface area contributed by atoms with Gasteiger partial charge in [-0.25, -0.2) is 0 Å². The van der Waals surface area contributed by atoms with Crippen LogP contribution in [0, 0.1) is 0 Å². The molecular weight excluding hydrogens is 278 g/mol. The zero-order valence-electron chi connectivity index (χ0n) is 12.6. The monoisotopic (exact) mass is 301 g/mol. The summed E-state index contributed by atoms with van der Waals surface area (Å²) in [7, 11) is 1.27. The van der Waals surface area contributed by atoms with Gasteiger partial charge in [0.2, 0.25) is 0 Å². The normalized spacial score (nSPS) is 12.5. The topological polar surface area (TPSA) is 20.3 Å². The minimum atomic E-state index is -0.866. The largest absolute Gasteiger partial charge is 0.306 e. The van der Waals surface area contributed by atoms with Gasteiger partial charge in [-0.15, -0.1) is 0 Å². The van der Waals surface area contributed by atoms with E-state index >= 15 is 0 Å². The molecule has 0 amide bonds. The van der Waals surface area contributed by atoms with Gasteiger partial charge in [-0.3, -0.25) is 4.21 Å². The summed E-state index contributed by atoms with van der Waals surface area (Å²) in [5.41, 5.74) is 1.37. The van der Waals surface area contributed by atoms with Crippen molar-refractivity contribution in [3.63, 3.8) is 0 Å². The molecule has 0 saturated heterocycles. The van der Waals surface area contributed by atoms with Crippen molar-refractivity contribution >= 4 is 10.8 Å². The number of nitrogens with zero attached hydrogens (tertiary/aromatic N) is 1. The van der Waals surface area contributed by atoms with E-state index < -0.39 is 10.8 Å². The van der Waals surface area contributed by atoms with Gasteiger partial charge in [0.1, 0.15) is 0 Å². The van der Waals surface area contributed by atoms with Crippen LogP contribution >= 0.6 is 0 Å². The van der Waals surface area contributed by atoms with Gasteiger partial charge in [0.25, 0.3) is 0 Å². The Kier molecular flexibility index (Phi) is 6.64. The predicted octanol–water partition coefficient (Wildman–Crippen LogP) is 3.36. The van der Waals surface area contributed by atoms with E-state index in [1.54, 1.807) is 0 Å². The Labute approximate surface area is 130 Å². The van der Waals surface area contributed by atoms with Gasteiger partial charge in [0, 0.05) is 17.2 Å². The van der Waals surface area contributed by atoms with E-state index in [1.807, 2.05) is 36.4 Å². The van der Waals surface area contributed by atoms with Gasteiger partial charge in [0.15, 0.2) is 0 Å². The molecule has 0 fully saturated rings. The van der Waals surface area contributed by atoms with E-state index in [1.165, 1.54) is 5.56 Å². The molecule has 0 spiro atoms. The number of rotatable bonds is 8. The van der Waals surface area contributed by atoms with Crippen molar-refractivity contribution in [2.24, 2.45) is 0 Å². The minimum Gasteiger partial charge on any atom is -0.306 e. The van der Waals surface area contributed by atoms with Crippen LogP contribution in [-0.2, 0) is 17.2 Å². The zero-order valence-corrected chi connectivity index (χ0v) is 13.4. The lowest BCUT2D eigenvalue weighted by molar-refractivity contribution is 0.340. The Morgan fingerprint density at radius 3 is 2.19 bits per heavy atom. The lowest BCUT2D eigenvalue weighted by Crippen LogP contribution is -2.23. The summed E-state index contributed by atoms with van der Waals surface area (Å²) < 4.78 is 12.1. The van der Waals surface area contributed by atoms with E-state index in [-0.39, 0.29) is 0 Å². The third kappa shape index (κ3) is 5.82. The number of hydrogen-bond acceptors (Lipinski definition) is 2. The quantitative estimate of drug-likeness (QED) is 0.745. The lowest BCUT2D eigenvalue weighted by atomic mass is 10.1. The van der Waals surface area contributed by atoms with Crippen LogP contribution in [0.2, 0.25) is 0 Å². The fourth-order valence-corrected chi connectivity index (χ4v) is 3.32. The fraction of sp³-hybridized carbons (Fsp3) is 0.333.